The van der Waals surface area contributed by atoms with Gasteiger partial charge >= 0.3 is 0 Å². The topological polar surface area (TPSA) is 29.3 Å². The van der Waals surface area contributed by atoms with Crippen molar-refractivity contribution in [3.8, 4) is 12.3 Å². The summed E-state index contributed by atoms with van der Waals surface area (Å²) < 4.78 is 0. The summed E-state index contributed by atoms with van der Waals surface area (Å²) >= 11 is 0. The highest BCUT2D eigenvalue weighted by molar-refractivity contribution is 5.00. The van der Waals surface area contributed by atoms with E-state index in [1.54, 1.807) is 0 Å². The van der Waals surface area contributed by atoms with E-state index in [1.165, 1.54) is 12.8 Å². The molecule has 0 radical (unpaired) electrons. The molecular formula is C12H22N2. The largest absolute Gasteiger partial charge is 0.328 e. The Bertz CT molecular complexity index is 199. The molecule has 1 atom stereocenters. The fraction of sp³-hybridized carbons (Fsp3) is 0.833. The molecular weight excluding hydrogens is 172 g/mol. The van der Waals surface area contributed by atoms with Crippen molar-refractivity contribution in [1.82, 2.24) is 4.90 Å². The van der Waals surface area contributed by atoms with Crippen LogP contribution in [0.25, 0.3) is 0 Å². The quantitative estimate of drug-likeness (QED) is 0.691. The third-order valence-corrected chi connectivity index (χ3v) is 3.39. The Morgan fingerprint density at radius 1 is 1.43 bits per heavy atom. The monoisotopic (exact) mass is 194 g/mol. The smallest absolute Gasteiger partial charge is 0.0709 e. The Kier molecular flexibility index (Phi) is 4.44. The van der Waals surface area contributed by atoms with Crippen molar-refractivity contribution in [1.29, 1.82) is 0 Å². The molecule has 0 saturated heterocycles. The van der Waals surface area contributed by atoms with E-state index >= 15 is 0 Å². The Labute approximate surface area is 87.8 Å². The maximum Gasteiger partial charge on any atom is 0.0709 e. The fourth-order valence-electron chi connectivity index (χ4n) is 2.29. The molecule has 2 nitrogen and oxygen atoms in total. The maximum atomic E-state index is 5.88. The molecule has 0 amide bonds. The first-order valence-electron chi connectivity index (χ1n) is 5.62. The van der Waals surface area contributed by atoms with Crippen LogP contribution >= 0.6 is 0 Å². The van der Waals surface area contributed by atoms with E-state index in [-0.39, 0.29) is 0 Å². The SMILES string of the molecule is C#CC(CC)N(C)C1CCC(N)CC1. The van der Waals surface area contributed by atoms with Gasteiger partial charge in [-0.2, -0.15) is 0 Å². The number of nitrogens with two attached hydrogens (primary N) is 1. The predicted molar refractivity (Wildman–Crippen MR) is 60.9 cm³/mol. The van der Waals surface area contributed by atoms with Crippen molar-refractivity contribution in [2.75, 3.05) is 7.05 Å². The van der Waals surface area contributed by atoms with Crippen molar-refractivity contribution < 1.29 is 0 Å². The normalized spacial score (nSPS) is 29.9. The molecule has 0 bridgehead atoms. The van der Waals surface area contributed by atoms with Crippen LogP contribution in [0.3, 0.4) is 0 Å². The maximum absolute atomic E-state index is 5.88. The molecule has 1 saturated carbocycles. The Morgan fingerprint density at radius 3 is 2.43 bits per heavy atom. The summed E-state index contributed by atoms with van der Waals surface area (Å²) in [6.45, 7) is 2.15. The second kappa shape index (κ2) is 5.38. The van der Waals surface area contributed by atoms with Gasteiger partial charge in [-0.15, -0.1) is 6.42 Å². The second-order valence-corrected chi connectivity index (χ2v) is 4.32. The van der Waals surface area contributed by atoms with Crippen LogP contribution in [-0.4, -0.2) is 30.1 Å². The first-order chi connectivity index (χ1) is 6.69. The number of rotatable bonds is 3. The zero-order valence-electron chi connectivity index (χ0n) is 9.37. The molecule has 0 aromatic heterocycles. The molecule has 0 aromatic rings. The standard InChI is InChI=1S/C12H22N2/c1-4-11(5-2)14(3)12-8-6-10(13)7-9-12/h1,10-12H,5-9,13H2,2-3H3. The molecule has 2 N–H and O–H groups in total. The minimum absolute atomic E-state index is 0.300. The molecule has 1 rings (SSSR count). The molecule has 2 heteroatoms. The molecule has 80 valence electrons. The van der Waals surface area contributed by atoms with Crippen molar-refractivity contribution in [2.45, 2.75) is 57.2 Å². The van der Waals surface area contributed by atoms with Crippen LogP contribution in [0.4, 0.5) is 0 Å². The molecule has 1 aliphatic rings. The van der Waals surface area contributed by atoms with Crippen molar-refractivity contribution in [2.24, 2.45) is 5.73 Å². The molecule has 0 aliphatic heterocycles. The molecule has 1 aliphatic carbocycles. The first kappa shape index (κ1) is 11.6. The third-order valence-electron chi connectivity index (χ3n) is 3.39. The summed E-state index contributed by atoms with van der Waals surface area (Å²) in [6, 6.07) is 1.37. The van der Waals surface area contributed by atoms with Crippen LogP contribution in [-0.2, 0) is 0 Å². The summed E-state index contributed by atoms with van der Waals surface area (Å²) in [7, 11) is 2.15. The van der Waals surface area contributed by atoms with E-state index < -0.39 is 0 Å². The lowest BCUT2D eigenvalue weighted by atomic mass is 9.90. The molecule has 1 unspecified atom stereocenters. The lowest BCUT2D eigenvalue weighted by Gasteiger charge is -2.36. The van der Waals surface area contributed by atoms with Gasteiger partial charge in [0, 0.05) is 12.1 Å². The summed E-state index contributed by atoms with van der Waals surface area (Å²) in [5, 5.41) is 0. The van der Waals surface area contributed by atoms with Gasteiger partial charge in [-0.3, -0.25) is 4.90 Å². The van der Waals surface area contributed by atoms with Gasteiger partial charge in [0.25, 0.3) is 0 Å². The highest BCUT2D eigenvalue weighted by atomic mass is 15.2. The zero-order valence-corrected chi connectivity index (χ0v) is 9.37. The van der Waals surface area contributed by atoms with Crippen molar-refractivity contribution in [3.63, 3.8) is 0 Å². The van der Waals surface area contributed by atoms with Gasteiger partial charge in [0.15, 0.2) is 0 Å². The van der Waals surface area contributed by atoms with Gasteiger partial charge in [0.05, 0.1) is 6.04 Å². The number of nitrogens with zero attached hydrogens (tertiary/aromatic N) is 1. The number of hydrogen-bond donors (Lipinski definition) is 1. The third kappa shape index (κ3) is 2.73. The van der Waals surface area contributed by atoms with E-state index in [4.69, 9.17) is 12.2 Å². The van der Waals surface area contributed by atoms with Gasteiger partial charge in [-0.25, -0.2) is 0 Å². The zero-order chi connectivity index (χ0) is 10.6. The van der Waals surface area contributed by atoms with Crippen LogP contribution in [0.15, 0.2) is 0 Å². The minimum Gasteiger partial charge on any atom is -0.328 e. The average Bonchev–Trinajstić information content (AvgIpc) is 2.20. The number of hydrogen-bond acceptors (Lipinski definition) is 2. The van der Waals surface area contributed by atoms with Crippen LogP contribution in [0.5, 0.6) is 0 Å². The van der Waals surface area contributed by atoms with Gasteiger partial charge < -0.3 is 5.73 Å². The van der Waals surface area contributed by atoms with Crippen LogP contribution in [0.1, 0.15) is 39.0 Å². The van der Waals surface area contributed by atoms with E-state index in [0.29, 0.717) is 18.1 Å². The average molecular weight is 194 g/mol. The van der Waals surface area contributed by atoms with Gasteiger partial charge in [0.2, 0.25) is 0 Å². The highest BCUT2D eigenvalue weighted by Gasteiger charge is 2.24. The lowest BCUT2D eigenvalue weighted by molar-refractivity contribution is 0.155. The van der Waals surface area contributed by atoms with E-state index in [0.717, 1.165) is 19.3 Å². The minimum atomic E-state index is 0.300. The molecule has 0 heterocycles. The van der Waals surface area contributed by atoms with E-state index in [9.17, 15) is 0 Å². The summed E-state index contributed by atoms with van der Waals surface area (Å²) in [4.78, 5) is 2.35. The first-order valence-corrected chi connectivity index (χ1v) is 5.62. The van der Waals surface area contributed by atoms with Crippen molar-refractivity contribution in [3.05, 3.63) is 0 Å². The van der Waals surface area contributed by atoms with Gasteiger partial charge in [0.1, 0.15) is 0 Å². The fourth-order valence-corrected chi connectivity index (χ4v) is 2.29. The van der Waals surface area contributed by atoms with Crippen molar-refractivity contribution >= 4 is 0 Å². The molecule has 0 aromatic carbocycles. The summed E-state index contributed by atoms with van der Waals surface area (Å²) in [5.74, 6) is 2.85. The van der Waals surface area contributed by atoms with E-state index in [2.05, 4.69) is 24.8 Å². The van der Waals surface area contributed by atoms with Gasteiger partial charge in [-0.05, 0) is 39.2 Å². The Balaban J connectivity index is 2.45. The van der Waals surface area contributed by atoms with E-state index in [1.807, 2.05) is 0 Å². The molecule has 0 spiro atoms. The molecule has 14 heavy (non-hydrogen) atoms. The van der Waals surface area contributed by atoms with Crippen LogP contribution < -0.4 is 5.73 Å². The van der Waals surface area contributed by atoms with Crippen LogP contribution in [0, 0.1) is 12.3 Å². The number of terminal acetylenes is 1. The van der Waals surface area contributed by atoms with Gasteiger partial charge in [-0.1, -0.05) is 12.8 Å². The predicted octanol–water partition coefficient (Wildman–Crippen LogP) is 1.60. The molecule has 1 fully saturated rings. The summed E-state index contributed by atoms with van der Waals surface area (Å²) in [5.41, 5.74) is 5.88. The second-order valence-electron chi connectivity index (χ2n) is 4.32. The Morgan fingerprint density at radius 2 is 2.00 bits per heavy atom. The van der Waals surface area contributed by atoms with Crippen LogP contribution in [0.2, 0.25) is 0 Å². The highest BCUT2D eigenvalue weighted by Crippen LogP contribution is 2.22. The lowest BCUT2D eigenvalue weighted by Crippen LogP contribution is -2.43. The Hall–Kier alpha value is -0.520. The summed E-state index contributed by atoms with van der Waals surface area (Å²) in [6.07, 6.45) is 11.2.